The highest BCUT2D eigenvalue weighted by Crippen LogP contribution is 2.38. The van der Waals surface area contributed by atoms with Crippen molar-refractivity contribution in [2.45, 2.75) is 238 Å². The van der Waals surface area contributed by atoms with Crippen molar-refractivity contribution in [1.29, 1.82) is 0 Å². The van der Waals surface area contributed by atoms with Gasteiger partial charge in [-0.3, -0.25) is 9.36 Å². The van der Waals surface area contributed by atoms with Crippen LogP contribution in [0.4, 0.5) is 0 Å². The van der Waals surface area contributed by atoms with Gasteiger partial charge >= 0.3 is 0 Å². The summed E-state index contributed by atoms with van der Waals surface area (Å²) in [5.74, 6) is -0.196. The van der Waals surface area contributed by atoms with Gasteiger partial charge in [-0.05, 0) is 19.3 Å². The quantitative estimate of drug-likeness (QED) is 0.0275. The summed E-state index contributed by atoms with van der Waals surface area (Å²) in [4.78, 5) is 25.2. The number of aliphatic hydroxyl groups excluding tert-OH is 1. The monoisotopic (exact) mass is 801 g/mol. The summed E-state index contributed by atoms with van der Waals surface area (Å²) in [5, 5.41) is 13.7. The SMILES string of the molecule is CCCCCCCCC/C=C/[C@@H](O)[C@H](COP(=O)([O-])OCC[N+](C)(C)C)NC(=O)CCCCCCCCCCCCCCCCCCCCCCCCCC. The molecular weight excluding hydrogens is 707 g/mol. The Bertz CT molecular complexity index is 911. The normalized spacial score (nSPS) is 14.4. The van der Waals surface area contributed by atoms with E-state index in [0.29, 0.717) is 17.4 Å². The van der Waals surface area contributed by atoms with E-state index in [9.17, 15) is 19.4 Å². The zero-order valence-electron chi connectivity index (χ0n) is 37.1. The molecule has 0 aromatic carbocycles. The fourth-order valence-corrected chi connectivity index (χ4v) is 7.70. The molecule has 55 heavy (non-hydrogen) atoms. The van der Waals surface area contributed by atoms with Gasteiger partial charge in [0.15, 0.2) is 0 Å². The number of nitrogens with one attached hydrogen (secondary N) is 1. The number of hydrogen-bond donors (Lipinski definition) is 2. The number of quaternary nitrogens is 1. The molecule has 0 aliphatic heterocycles. The van der Waals surface area contributed by atoms with Gasteiger partial charge in [0.05, 0.1) is 39.9 Å². The lowest BCUT2D eigenvalue weighted by Crippen LogP contribution is -2.45. The van der Waals surface area contributed by atoms with E-state index in [0.717, 1.165) is 38.5 Å². The number of hydrogen-bond acceptors (Lipinski definition) is 6. The summed E-state index contributed by atoms with van der Waals surface area (Å²) in [5.41, 5.74) is 0. The Hall–Kier alpha value is -0.760. The van der Waals surface area contributed by atoms with Crippen LogP contribution >= 0.6 is 7.82 Å². The molecule has 0 radical (unpaired) electrons. The smallest absolute Gasteiger partial charge is 0.268 e. The van der Waals surface area contributed by atoms with E-state index in [1.165, 1.54) is 167 Å². The van der Waals surface area contributed by atoms with Crippen molar-refractivity contribution in [3.63, 3.8) is 0 Å². The number of nitrogens with zero attached hydrogens (tertiary/aromatic N) is 1. The van der Waals surface area contributed by atoms with Gasteiger partial charge in [0, 0.05) is 6.42 Å². The number of allylic oxidation sites excluding steroid dienone is 1. The summed E-state index contributed by atoms with van der Waals surface area (Å²) in [6.45, 7) is 4.63. The minimum Gasteiger partial charge on any atom is -0.756 e. The number of aliphatic hydroxyl groups is 1. The number of rotatable bonds is 43. The first kappa shape index (κ1) is 54.2. The second kappa shape index (κ2) is 38.7. The van der Waals surface area contributed by atoms with E-state index in [-0.39, 0.29) is 19.1 Å². The van der Waals surface area contributed by atoms with Gasteiger partial charge in [-0.25, -0.2) is 0 Å². The first-order valence-electron chi connectivity index (χ1n) is 23.6. The van der Waals surface area contributed by atoms with Crippen molar-refractivity contribution < 1.29 is 32.9 Å². The van der Waals surface area contributed by atoms with Crippen LogP contribution < -0.4 is 10.2 Å². The predicted octanol–water partition coefficient (Wildman–Crippen LogP) is 12.5. The standard InChI is InChI=1S/C46H93N2O6P/c1-6-8-10-12-14-16-17-18-19-20-21-22-23-24-25-26-27-28-29-30-32-34-36-38-40-46(50)47-44(43-54-55(51,52)53-42-41-48(3,4)5)45(49)39-37-35-33-31-15-13-11-9-7-2/h37,39,44-45,49H,6-36,38,40-43H2,1-5H3,(H-,47,50,51,52)/b39-37+/t44-,45+/m0/s1. The van der Waals surface area contributed by atoms with Gasteiger partial charge < -0.3 is 28.8 Å². The van der Waals surface area contributed by atoms with Crippen LogP contribution in [0.2, 0.25) is 0 Å². The van der Waals surface area contributed by atoms with Crippen LogP contribution in [-0.2, 0) is 18.4 Å². The van der Waals surface area contributed by atoms with E-state index in [1.54, 1.807) is 6.08 Å². The van der Waals surface area contributed by atoms with Crippen molar-refractivity contribution >= 4 is 13.7 Å². The van der Waals surface area contributed by atoms with Crippen LogP contribution in [0.15, 0.2) is 12.2 Å². The molecule has 0 aromatic rings. The maximum atomic E-state index is 12.8. The highest BCUT2D eigenvalue weighted by atomic mass is 31.2. The molecule has 8 nitrogen and oxygen atoms in total. The molecule has 1 unspecified atom stereocenters. The van der Waals surface area contributed by atoms with Crippen LogP contribution in [0.5, 0.6) is 0 Å². The molecule has 0 bridgehead atoms. The van der Waals surface area contributed by atoms with E-state index < -0.39 is 20.0 Å². The van der Waals surface area contributed by atoms with Crippen LogP contribution in [0.25, 0.3) is 0 Å². The third kappa shape index (κ3) is 41.2. The van der Waals surface area contributed by atoms with E-state index in [2.05, 4.69) is 19.2 Å². The molecule has 0 heterocycles. The second-order valence-electron chi connectivity index (χ2n) is 17.5. The summed E-state index contributed by atoms with van der Waals surface area (Å²) in [7, 11) is 1.27. The van der Waals surface area contributed by atoms with Crippen molar-refractivity contribution in [1.82, 2.24) is 5.32 Å². The summed E-state index contributed by atoms with van der Waals surface area (Å²) in [6.07, 6.45) is 44.2. The van der Waals surface area contributed by atoms with Crippen LogP contribution in [0, 0.1) is 0 Å². The number of likely N-dealkylation sites (N-methyl/N-ethyl adjacent to an activating group) is 1. The molecule has 0 aliphatic rings. The van der Waals surface area contributed by atoms with Gasteiger partial charge in [0.1, 0.15) is 13.2 Å². The first-order valence-corrected chi connectivity index (χ1v) is 25.0. The Morgan fingerprint density at radius 2 is 0.982 bits per heavy atom. The molecule has 0 aromatic heterocycles. The minimum absolute atomic E-state index is 0.00175. The van der Waals surface area contributed by atoms with E-state index >= 15 is 0 Å². The molecule has 1 amide bonds. The molecule has 2 N–H and O–H groups in total. The number of phosphoric acid groups is 1. The van der Waals surface area contributed by atoms with Gasteiger partial charge in [0.25, 0.3) is 7.82 Å². The highest BCUT2D eigenvalue weighted by Gasteiger charge is 2.23. The van der Waals surface area contributed by atoms with Gasteiger partial charge in [-0.1, -0.05) is 212 Å². The van der Waals surface area contributed by atoms with Crippen LogP contribution in [0.1, 0.15) is 226 Å². The van der Waals surface area contributed by atoms with Gasteiger partial charge in [-0.2, -0.15) is 0 Å². The average molecular weight is 801 g/mol. The minimum atomic E-state index is -4.58. The molecule has 0 fully saturated rings. The molecular formula is C46H93N2O6P. The van der Waals surface area contributed by atoms with Gasteiger partial charge in [-0.15, -0.1) is 0 Å². The van der Waals surface area contributed by atoms with Crippen LogP contribution in [-0.4, -0.2) is 68.5 Å². The van der Waals surface area contributed by atoms with Crippen LogP contribution in [0.3, 0.4) is 0 Å². The summed E-state index contributed by atoms with van der Waals surface area (Å²) < 4.78 is 23.1. The Balaban J connectivity index is 4.11. The van der Waals surface area contributed by atoms with E-state index in [1.807, 2.05) is 27.2 Å². The van der Waals surface area contributed by atoms with Crippen molar-refractivity contribution in [2.24, 2.45) is 0 Å². The highest BCUT2D eigenvalue weighted by molar-refractivity contribution is 7.45. The average Bonchev–Trinajstić information content (AvgIpc) is 3.13. The van der Waals surface area contributed by atoms with Crippen molar-refractivity contribution in [3.8, 4) is 0 Å². The molecule has 0 aliphatic carbocycles. The molecule has 0 rings (SSSR count). The number of unbranched alkanes of at least 4 members (excludes halogenated alkanes) is 30. The number of phosphoric ester groups is 1. The lowest BCUT2D eigenvalue weighted by Gasteiger charge is -2.29. The maximum absolute atomic E-state index is 12.8. The molecule has 328 valence electrons. The fraction of sp³-hybridized carbons (Fsp3) is 0.935. The zero-order chi connectivity index (χ0) is 40.7. The third-order valence-electron chi connectivity index (χ3n) is 10.7. The molecule has 3 atom stereocenters. The Morgan fingerprint density at radius 3 is 1.36 bits per heavy atom. The second-order valence-corrected chi connectivity index (χ2v) is 18.9. The Morgan fingerprint density at radius 1 is 0.618 bits per heavy atom. The largest absolute Gasteiger partial charge is 0.756 e. The number of carbonyl (C=O) groups is 1. The Labute approximate surface area is 342 Å². The summed E-state index contributed by atoms with van der Waals surface area (Å²) in [6, 6.07) is -0.878. The van der Waals surface area contributed by atoms with Gasteiger partial charge in [0.2, 0.25) is 5.91 Å². The maximum Gasteiger partial charge on any atom is 0.268 e. The van der Waals surface area contributed by atoms with Crippen molar-refractivity contribution in [3.05, 3.63) is 12.2 Å². The molecule has 0 saturated heterocycles. The van der Waals surface area contributed by atoms with E-state index in [4.69, 9.17) is 9.05 Å². The summed E-state index contributed by atoms with van der Waals surface area (Å²) >= 11 is 0. The Kier molecular flexibility index (Phi) is 38.2. The predicted molar refractivity (Wildman–Crippen MR) is 233 cm³/mol. The molecule has 0 spiro atoms. The lowest BCUT2D eigenvalue weighted by molar-refractivity contribution is -0.870. The topological polar surface area (TPSA) is 108 Å². The van der Waals surface area contributed by atoms with Crippen molar-refractivity contribution in [2.75, 3.05) is 40.9 Å². The number of amides is 1. The molecule has 9 heteroatoms. The molecule has 0 saturated carbocycles. The third-order valence-corrected chi connectivity index (χ3v) is 11.7. The number of carbonyl (C=O) groups excluding carboxylic acids is 1. The fourth-order valence-electron chi connectivity index (χ4n) is 6.98. The lowest BCUT2D eigenvalue weighted by atomic mass is 10.0. The first-order chi connectivity index (χ1) is 26.5. The zero-order valence-corrected chi connectivity index (χ0v) is 38.0.